The molecule has 0 radical (unpaired) electrons. The largest absolute Gasteiger partial charge is 0.392 e. The molecule has 0 aliphatic heterocycles. The second-order valence-electron chi connectivity index (χ2n) is 4.71. The number of rotatable bonds is 5. The molecule has 0 aromatic carbocycles. The van der Waals surface area contributed by atoms with Crippen LogP contribution in [0.2, 0.25) is 0 Å². The molecule has 1 fully saturated rings. The molecule has 92 valence electrons. The maximum Gasteiger partial charge on any atom is 0.232 e. The first-order chi connectivity index (χ1) is 7.37. The molecule has 0 heterocycles. The number of nitrogens with two attached hydrogens (primary N) is 1. The first-order valence-electron chi connectivity index (χ1n) is 5.60. The zero-order valence-electron chi connectivity index (χ0n) is 10.1. The van der Waals surface area contributed by atoms with Gasteiger partial charge in [0.2, 0.25) is 5.91 Å². The Bertz CT molecular complexity index is 286. The van der Waals surface area contributed by atoms with E-state index in [0.717, 1.165) is 19.4 Å². The van der Waals surface area contributed by atoms with Gasteiger partial charge in [0.05, 0.1) is 16.5 Å². The molecule has 0 bridgehead atoms. The number of amides is 1. The number of ether oxygens (including phenoxy) is 1. The third kappa shape index (κ3) is 2.92. The van der Waals surface area contributed by atoms with Gasteiger partial charge in [0.15, 0.2) is 0 Å². The van der Waals surface area contributed by atoms with Crippen LogP contribution in [0.25, 0.3) is 0 Å². The van der Waals surface area contributed by atoms with E-state index in [1.54, 1.807) is 13.8 Å². The zero-order valence-corrected chi connectivity index (χ0v) is 10.9. The van der Waals surface area contributed by atoms with E-state index < -0.39 is 5.41 Å². The van der Waals surface area contributed by atoms with E-state index in [1.807, 2.05) is 6.92 Å². The Morgan fingerprint density at radius 3 is 2.56 bits per heavy atom. The standard InChI is InChI=1S/C11H20N2O2S/c1-4-15-8-5-7(6-8)13-10(14)11(2,3)9(12)16/h7-8H,4-6H2,1-3H3,(H2,12,16)(H,13,14). The molecule has 5 heteroatoms. The van der Waals surface area contributed by atoms with Crippen LogP contribution in [0.4, 0.5) is 0 Å². The fourth-order valence-electron chi connectivity index (χ4n) is 1.53. The smallest absolute Gasteiger partial charge is 0.232 e. The summed E-state index contributed by atoms with van der Waals surface area (Å²) in [7, 11) is 0. The van der Waals surface area contributed by atoms with Gasteiger partial charge in [-0.25, -0.2) is 0 Å². The molecule has 1 aliphatic rings. The van der Waals surface area contributed by atoms with Crippen molar-refractivity contribution in [1.82, 2.24) is 5.32 Å². The molecule has 16 heavy (non-hydrogen) atoms. The molecule has 1 saturated carbocycles. The predicted octanol–water partition coefficient (Wildman–Crippen LogP) is 0.982. The van der Waals surface area contributed by atoms with Crippen molar-refractivity contribution in [3.05, 3.63) is 0 Å². The van der Waals surface area contributed by atoms with Gasteiger partial charge in [0.25, 0.3) is 0 Å². The lowest BCUT2D eigenvalue weighted by Crippen LogP contribution is -2.53. The molecule has 0 aromatic rings. The summed E-state index contributed by atoms with van der Waals surface area (Å²) in [4.78, 5) is 12.1. The van der Waals surface area contributed by atoms with Crippen LogP contribution >= 0.6 is 12.2 Å². The highest BCUT2D eigenvalue weighted by atomic mass is 32.1. The average Bonchev–Trinajstić information content (AvgIpc) is 2.14. The topological polar surface area (TPSA) is 64.3 Å². The third-order valence-electron chi connectivity index (χ3n) is 3.02. The molecule has 3 N–H and O–H groups in total. The van der Waals surface area contributed by atoms with Crippen LogP contribution in [0.15, 0.2) is 0 Å². The van der Waals surface area contributed by atoms with Crippen LogP contribution in [0, 0.1) is 5.41 Å². The van der Waals surface area contributed by atoms with Crippen molar-refractivity contribution in [3.8, 4) is 0 Å². The summed E-state index contributed by atoms with van der Waals surface area (Å²) < 4.78 is 5.42. The number of hydrogen-bond donors (Lipinski definition) is 2. The van der Waals surface area contributed by atoms with E-state index >= 15 is 0 Å². The van der Waals surface area contributed by atoms with Gasteiger partial charge in [0, 0.05) is 12.6 Å². The minimum atomic E-state index is -0.772. The molecular weight excluding hydrogens is 224 g/mol. The number of carbonyl (C=O) groups excluding carboxylic acids is 1. The molecule has 0 atom stereocenters. The van der Waals surface area contributed by atoms with Crippen molar-refractivity contribution >= 4 is 23.1 Å². The monoisotopic (exact) mass is 244 g/mol. The second-order valence-corrected chi connectivity index (χ2v) is 5.15. The van der Waals surface area contributed by atoms with E-state index in [9.17, 15) is 4.79 Å². The normalized spacial score (nSPS) is 24.7. The van der Waals surface area contributed by atoms with E-state index in [-0.39, 0.29) is 16.9 Å². The first-order valence-corrected chi connectivity index (χ1v) is 6.01. The lowest BCUT2D eigenvalue weighted by Gasteiger charge is -2.37. The van der Waals surface area contributed by atoms with Crippen molar-refractivity contribution in [2.75, 3.05) is 6.61 Å². The number of thiocarbonyl (C=S) groups is 1. The van der Waals surface area contributed by atoms with Crippen molar-refractivity contribution in [2.45, 2.75) is 45.8 Å². The van der Waals surface area contributed by atoms with E-state index in [2.05, 4.69) is 5.32 Å². The van der Waals surface area contributed by atoms with E-state index in [4.69, 9.17) is 22.7 Å². The van der Waals surface area contributed by atoms with Gasteiger partial charge < -0.3 is 15.8 Å². The van der Waals surface area contributed by atoms with Gasteiger partial charge in [-0.1, -0.05) is 12.2 Å². The minimum Gasteiger partial charge on any atom is -0.392 e. The molecule has 1 rings (SSSR count). The maximum absolute atomic E-state index is 11.9. The van der Waals surface area contributed by atoms with Crippen LogP contribution in [0.1, 0.15) is 33.6 Å². The molecule has 4 nitrogen and oxygen atoms in total. The van der Waals surface area contributed by atoms with E-state index in [1.165, 1.54) is 0 Å². The summed E-state index contributed by atoms with van der Waals surface area (Å²) in [6.07, 6.45) is 2.06. The Kier molecular flexibility index (Phi) is 4.27. The van der Waals surface area contributed by atoms with Crippen molar-refractivity contribution in [1.29, 1.82) is 0 Å². The molecule has 0 unspecified atom stereocenters. The highest BCUT2D eigenvalue weighted by molar-refractivity contribution is 7.80. The van der Waals surface area contributed by atoms with Crippen molar-refractivity contribution in [3.63, 3.8) is 0 Å². The van der Waals surface area contributed by atoms with Gasteiger partial charge in [-0.15, -0.1) is 0 Å². The van der Waals surface area contributed by atoms with Gasteiger partial charge in [-0.3, -0.25) is 4.79 Å². The molecule has 1 aliphatic carbocycles. The van der Waals surface area contributed by atoms with Gasteiger partial charge in [0.1, 0.15) is 0 Å². The van der Waals surface area contributed by atoms with Crippen molar-refractivity contribution < 1.29 is 9.53 Å². The fourth-order valence-corrected chi connectivity index (χ4v) is 1.63. The Morgan fingerprint density at radius 1 is 1.56 bits per heavy atom. The summed E-state index contributed by atoms with van der Waals surface area (Å²) in [6.45, 7) is 6.18. The lowest BCUT2D eigenvalue weighted by molar-refractivity contribution is -0.128. The number of nitrogens with one attached hydrogen (secondary N) is 1. The highest BCUT2D eigenvalue weighted by Gasteiger charge is 2.36. The predicted molar refractivity (Wildman–Crippen MR) is 67.1 cm³/mol. The summed E-state index contributed by atoms with van der Waals surface area (Å²) in [5, 5.41) is 2.94. The quantitative estimate of drug-likeness (QED) is 0.708. The second kappa shape index (κ2) is 5.10. The van der Waals surface area contributed by atoms with Gasteiger partial charge in [-0.2, -0.15) is 0 Å². The van der Waals surface area contributed by atoms with Crippen LogP contribution in [-0.2, 0) is 9.53 Å². The Labute approximate surface area is 102 Å². The Hall–Kier alpha value is -0.680. The summed E-state index contributed by atoms with van der Waals surface area (Å²) in [5.74, 6) is -0.0973. The fraction of sp³-hybridized carbons (Fsp3) is 0.818. The van der Waals surface area contributed by atoms with Crippen LogP contribution < -0.4 is 11.1 Å². The number of carbonyl (C=O) groups is 1. The minimum absolute atomic E-state index is 0.0973. The first kappa shape index (κ1) is 13.4. The van der Waals surface area contributed by atoms with Crippen LogP contribution in [-0.4, -0.2) is 29.6 Å². The highest BCUT2D eigenvalue weighted by Crippen LogP contribution is 2.25. The summed E-state index contributed by atoms with van der Waals surface area (Å²) in [5.41, 5.74) is 4.76. The van der Waals surface area contributed by atoms with Crippen LogP contribution in [0.3, 0.4) is 0 Å². The molecule has 0 saturated heterocycles. The Balaban J connectivity index is 2.35. The lowest BCUT2D eigenvalue weighted by atomic mass is 9.86. The molecule has 1 amide bonds. The average molecular weight is 244 g/mol. The van der Waals surface area contributed by atoms with Crippen LogP contribution in [0.5, 0.6) is 0 Å². The molecule has 0 spiro atoms. The van der Waals surface area contributed by atoms with Gasteiger partial charge >= 0.3 is 0 Å². The zero-order chi connectivity index (χ0) is 12.3. The van der Waals surface area contributed by atoms with Gasteiger partial charge in [-0.05, 0) is 33.6 Å². The Morgan fingerprint density at radius 2 is 2.12 bits per heavy atom. The summed E-state index contributed by atoms with van der Waals surface area (Å²) in [6, 6.07) is 0.206. The SMILES string of the molecule is CCOC1CC(NC(=O)C(C)(C)C(N)=S)C1. The molecule has 0 aromatic heterocycles. The maximum atomic E-state index is 11.9. The molecular formula is C11H20N2O2S. The van der Waals surface area contributed by atoms with Crippen molar-refractivity contribution in [2.24, 2.45) is 11.1 Å². The van der Waals surface area contributed by atoms with E-state index in [0.29, 0.717) is 6.10 Å². The summed E-state index contributed by atoms with van der Waals surface area (Å²) >= 11 is 4.87. The number of hydrogen-bond acceptors (Lipinski definition) is 3. The third-order valence-corrected chi connectivity index (χ3v) is 3.53.